The molecule has 1 aromatic rings. The summed E-state index contributed by atoms with van der Waals surface area (Å²) in [5.41, 5.74) is 6.08. The number of primary amides is 1. The van der Waals surface area contributed by atoms with Gasteiger partial charge in [0.05, 0.1) is 5.69 Å². The molecule has 0 fully saturated rings. The Balaban J connectivity index is 2.89. The van der Waals surface area contributed by atoms with Gasteiger partial charge >= 0.3 is 0 Å². The molecule has 0 aliphatic rings. The SMILES string of the molecule is CCc1c(C(N)=O)nnn1CCCO. The van der Waals surface area contributed by atoms with Gasteiger partial charge in [-0.2, -0.15) is 0 Å². The summed E-state index contributed by atoms with van der Waals surface area (Å²) in [4.78, 5) is 10.9. The van der Waals surface area contributed by atoms with Crippen LogP contribution in [0.3, 0.4) is 0 Å². The van der Waals surface area contributed by atoms with Gasteiger partial charge in [0, 0.05) is 13.2 Å². The van der Waals surface area contributed by atoms with Crippen LogP contribution in [0.15, 0.2) is 0 Å². The third-order valence-electron chi connectivity index (χ3n) is 1.93. The van der Waals surface area contributed by atoms with Crippen LogP contribution in [-0.2, 0) is 13.0 Å². The molecule has 1 amide bonds. The summed E-state index contributed by atoms with van der Waals surface area (Å²) in [5, 5.41) is 16.2. The number of carbonyl (C=O) groups is 1. The van der Waals surface area contributed by atoms with Crippen molar-refractivity contribution in [2.24, 2.45) is 5.73 Å². The summed E-state index contributed by atoms with van der Waals surface area (Å²) < 4.78 is 1.61. The molecule has 0 unspecified atom stereocenters. The van der Waals surface area contributed by atoms with Crippen molar-refractivity contribution in [3.05, 3.63) is 11.4 Å². The molecular formula is C8H14N4O2. The van der Waals surface area contributed by atoms with E-state index >= 15 is 0 Å². The number of aromatic nitrogens is 3. The summed E-state index contributed by atoms with van der Waals surface area (Å²) in [6.45, 7) is 2.55. The highest BCUT2D eigenvalue weighted by molar-refractivity contribution is 5.91. The van der Waals surface area contributed by atoms with Crippen molar-refractivity contribution < 1.29 is 9.90 Å². The molecule has 0 spiro atoms. The number of hydrogen-bond donors (Lipinski definition) is 2. The number of carbonyl (C=O) groups excluding carboxylic acids is 1. The second kappa shape index (κ2) is 4.71. The first kappa shape index (κ1) is 10.6. The number of nitrogens with two attached hydrogens (primary N) is 1. The Morgan fingerprint density at radius 3 is 2.86 bits per heavy atom. The maximum Gasteiger partial charge on any atom is 0.271 e. The minimum atomic E-state index is -0.558. The van der Waals surface area contributed by atoms with Gasteiger partial charge in [-0.1, -0.05) is 12.1 Å². The van der Waals surface area contributed by atoms with Crippen LogP contribution in [0.2, 0.25) is 0 Å². The minimum Gasteiger partial charge on any atom is -0.396 e. The van der Waals surface area contributed by atoms with Crippen LogP contribution >= 0.6 is 0 Å². The fraction of sp³-hybridized carbons (Fsp3) is 0.625. The van der Waals surface area contributed by atoms with Gasteiger partial charge < -0.3 is 10.8 Å². The van der Waals surface area contributed by atoms with E-state index in [4.69, 9.17) is 10.8 Å². The Morgan fingerprint density at radius 2 is 2.36 bits per heavy atom. The fourth-order valence-corrected chi connectivity index (χ4v) is 1.27. The van der Waals surface area contributed by atoms with Gasteiger partial charge in [0.2, 0.25) is 0 Å². The lowest BCUT2D eigenvalue weighted by molar-refractivity contribution is 0.0994. The van der Waals surface area contributed by atoms with Crippen molar-refractivity contribution in [1.29, 1.82) is 0 Å². The zero-order chi connectivity index (χ0) is 10.6. The first-order valence-corrected chi connectivity index (χ1v) is 4.53. The number of nitrogens with zero attached hydrogens (tertiary/aromatic N) is 3. The van der Waals surface area contributed by atoms with Gasteiger partial charge in [-0.05, 0) is 12.8 Å². The minimum absolute atomic E-state index is 0.0922. The second-order valence-corrected chi connectivity index (χ2v) is 2.90. The van der Waals surface area contributed by atoms with Crippen LogP contribution in [0, 0.1) is 0 Å². The van der Waals surface area contributed by atoms with Crippen molar-refractivity contribution in [2.75, 3.05) is 6.61 Å². The molecule has 0 saturated carbocycles. The van der Waals surface area contributed by atoms with Crippen molar-refractivity contribution in [1.82, 2.24) is 15.0 Å². The van der Waals surface area contributed by atoms with Crippen LogP contribution in [-0.4, -0.2) is 32.6 Å². The lowest BCUT2D eigenvalue weighted by Gasteiger charge is -2.02. The molecule has 1 rings (SSSR count). The molecule has 0 aliphatic carbocycles. The van der Waals surface area contributed by atoms with Crippen molar-refractivity contribution >= 4 is 5.91 Å². The summed E-state index contributed by atoms with van der Waals surface area (Å²) in [7, 11) is 0. The highest BCUT2D eigenvalue weighted by Gasteiger charge is 2.14. The van der Waals surface area contributed by atoms with E-state index in [-0.39, 0.29) is 12.3 Å². The van der Waals surface area contributed by atoms with E-state index in [1.54, 1.807) is 4.68 Å². The normalized spacial score (nSPS) is 10.4. The van der Waals surface area contributed by atoms with Gasteiger partial charge in [-0.25, -0.2) is 4.68 Å². The number of aliphatic hydroxyl groups excluding tert-OH is 1. The fourth-order valence-electron chi connectivity index (χ4n) is 1.27. The molecule has 78 valence electrons. The molecule has 6 nitrogen and oxygen atoms in total. The van der Waals surface area contributed by atoms with Crippen LogP contribution in [0.4, 0.5) is 0 Å². The van der Waals surface area contributed by atoms with Crippen LogP contribution in [0.25, 0.3) is 0 Å². The van der Waals surface area contributed by atoms with E-state index in [1.165, 1.54) is 0 Å². The van der Waals surface area contributed by atoms with Crippen molar-refractivity contribution in [3.8, 4) is 0 Å². The zero-order valence-electron chi connectivity index (χ0n) is 8.10. The van der Waals surface area contributed by atoms with E-state index in [9.17, 15) is 4.79 Å². The van der Waals surface area contributed by atoms with E-state index in [1.807, 2.05) is 6.92 Å². The Labute approximate surface area is 81.7 Å². The molecule has 0 saturated heterocycles. The third kappa shape index (κ3) is 2.08. The summed E-state index contributed by atoms with van der Waals surface area (Å²) in [6.07, 6.45) is 1.24. The molecule has 0 aromatic carbocycles. The molecule has 14 heavy (non-hydrogen) atoms. The van der Waals surface area contributed by atoms with Crippen LogP contribution in [0.1, 0.15) is 29.5 Å². The first-order valence-electron chi connectivity index (χ1n) is 4.53. The lowest BCUT2D eigenvalue weighted by Crippen LogP contribution is -2.15. The number of hydrogen-bond acceptors (Lipinski definition) is 4. The number of aliphatic hydroxyl groups is 1. The zero-order valence-corrected chi connectivity index (χ0v) is 8.10. The van der Waals surface area contributed by atoms with Gasteiger partial charge in [0.1, 0.15) is 0 Å². The Morgan fingerprint density at radius 1 is 1.64 bits per heavy atom. The van der Waals surface area contributed by atoms with Crippen LogP contribution < -0.4 is 5.73 Å². The van der Waals surface area contributed by atoms with E-state index < -0.39 is 5.91 Å². The molecule has 0 atom stereocenters. The molecule has 0 radical (unpaired) electrons. The Bertz CT molecular complexity index is 321. The number of aryl methyl sites for hydroxylation is 1. The van der Waals surface area contributed by atoms with Gasteiger partial charge in [-0.15, -0.1) is 5.10 Å². The maximum absolute atomic E-state index is 10.9. The largest absolute Gasteiger partial charge is 0.396 e. The molecule has 6 heteroatoms. The Kier molecular flexibility index (Phi) is 3.58. The van der Waals surface area contributed by atoms with E-state index in [0.717, 1.165) is 5.69 Å². The average Bonchev–Trinajstić information content (AvgIpc) is 2.57. The van der Waals surface area contributed by atoms with Crippen LogP contribution in [0.5, 0.6) is 0 Å². The monoisotopic (exact) mass is 198 g/mol. The maximum atomic E-state index is 10.9. The molecule has 1 aromatic heterocycles. The van der Waals surface area contributed by atoms with E-state index in [2.05, 4.69) is 10.3 Å². The van der Waals surface area contributed by atoms with Crippen molar-refractivity contribution in [2.45, 2.75) is 26.3 Å². The third-order valence-corrected chi connectivity index (χ3v) is 1.93. The molecular weight excluding hydrogens is 184 g/mol. The lowest BCUT2D eigenvalue weighted by atomic mass is 10.2. The number of rotatable bonds is 5. The first-order chi connectivity index (χ1) is 6.70. The smallest absolute Gasteiger partial charge is 0.271 e. The second-order valence-electron chi connectivity index (χ2n) is 2.90. The van der Waals surface area contributed by atoms with Gasteiger partial charge in [0.15, 0.2) is 5.69 Å². The molecule has 1 heterocycles. The van der Waals surface area contributed by atoms with Gasteiger partial charge in [-0.3, -0.25) is 4.79 Å². The quantitative estimate of drug-likeness (QED) is 0.655. The summed E-state index contributed by atoms with van der Waals surface area (Å²) in [5.74, 6) is -0.558. The molecule has 0 bridgehead atoms. The average molecular weight is 198 g/mol. The highest BCUT2D eigenvalue weighted by atomic mass is 16.3. The molecule has 3 N–H and O–H groups in total. The highest BCUT2D eigenvalue weighted by Crippen LogP contribution is 2.06. The summed E-state index contributed by atoms with van der Waals surface area (Å²) in [6, 6.07) is 0. The number of amides is 1. The Hall–Kier alpha value is -1.43. The standard InChI is InChI=1S/C8H14N4O2/c1-2-6-7(8(9)14)10-11-12(6)4-3-5-13/h13H,2-5H2,1H3,(H2,9,14). The van der Waals surface area contributed by atoms with Gasteiger partial charge in [0.25, 0.3) is 5.91 Å². The predicted octanol–water partition coefficient (Wildman–Crippen LogP) is -0.678. The molecule has 0 aliphatic heterocycles. The summed E-state index contributed by atoms with van der Waals surface area (Å²) >= 11 is 0. The predicted molar refractivity (Wildman–Crippen MR) is 49.6 cm³/mol. The topological polar surface area (TPSA) is 94.0 Å². The van der Waals surface area contributed by atoms with E-state index in [0.29, 0.717) is 19.4 Å². The van der Waals surface area contributed by atoms with Crippen molar-refractivity contribution in [3.63, 3.8) is 0 Å².